The Kier molecular flexibility index (Phi) is 10.8. The molecule has 4 aromatic rings. The van der Waals surface area contributed by atoms with Gasteiger partial charge in [0.05, 0.1) is 11.4 Å². The Balaban J connectivity index is 1.26. The molecule has 4 aromatic carbocycles. The summed E-state index contributed by atoms with van der Waals surface area (Å²) in [7, 11) is 0. The quantitative estimate of drug-likeness (QED) is 0.123. The van der Waals surface area contributed by atoms with E-state index in [4.69, 9.17) is 4.74 Å². The Hall–Kier alpha value is -5.62. The zero-order valence-electron chi connectivity index (χ0n) is 26.3. The van der Waals surface area contributed by atoms with E-state index in [9.17, 15) is 19.2 Å². The number of aliphatic imine (C=N–C) groups is 2. The SMILES string of the molecule is CC(C)(CC(C)(C)C(=O)Nc1ccc(Cc2ccc(N=C=O)cc2)cc1)OC(=O)Nc1ccc(Cc2ccc(N=C=O)cc2)cc1. The van der Waals surface area contributed by atoms with Crippen LogP contribution >= 0.6 is 0 Å². The van der Waals surface area contributed by atoms with Crippen LogP contribution < -0.4 is 10.6 Å². The number of isocyanates is 2. The fourth-order valence-corrected chi connectivity index (χ4v) is 5.24. The molecule has 0 aliphatic carbocycles. The molecule has 2 amide bonds. The third-order valence-corrected chi connectivity index (χ3v) is 7.30. The molecule has 0 atom stereocenters. The minimum atomic E-state index is -0.929. The molecule has 0 aromatic heterocycles. The summed E-state index contributed by atoms with van der Waals surface area (Å²) < 4.78 is 5.74. The number of carbonyl (C=O) groups excluding carboxylic acids is 4. The predicted octanol–water partition coefficient (Wildman–Crippen LogP) is 8.18. The van der Waals surface area contributed by atoms with Gasteiger partial charge in [-0.3, -0.25) is 10.1 Å². The first-order valence-electron chi connectivity index (χ1n) is 14.8. The van der Waals surface area contributed by atoms with Gasteiger partial charge in [-0.15, -0.1) is 0 Å². The van der Waals surface area contributed by atoms with Gasteiger partial charge >= 0.3 is 6.09 Å². The second-order valence-corrected chi connectivity index (χ2v) is 12.3. The molecule has 9 heteroatoms. The van der Waals surface area contributed by atoms with E-state index in [1.165, 1.54) is 12.2 Å². The maximum atomic E-state index is 13.2. The van der Waals surface area contributed by atoms with Crippen molar-refractivity contribution in [3.05, 3.63) is 119 Å². The maximum absolute atomic E-state index is 13.2. The van der Waals surface area contributed by atoms with Gasteiger partial charge in [0, 0.05) is 23.2 Å². The van der Waals surface area contributed by atoms with Crippen LogP contribution in [0, 0.1) is 5.41 Å². The van der Waals surface area contributed by atoms with Crippen molar-refractivity contribution < 1.29 is 23.9 Å². The molecule has 0 bridgehead atoms. The van der Waals surface area contributed by atoms with E-state index in [1.807, 2.05) is 74.5 Å². The molecule has 0 aliphatic heterocycles. The van der Waals surface area contributed by atoms with Gasteiger partial charge < -0.3 is 10.1 Å². The van der Waals surface area contributed by atoms with Crippen molar-refractivity contribution in [2.45, 2.75) is 52.6 Å². The lowest BCUT2D eigenvalue weighted by molar-refractivity contribution is -0.127. The Morgan fingerprint density at radius 2 is 0.978 bits per heavy atom. The first kappa shape index (κ1) is 33.3. The average Bonchev–Trinajstić information content (AvgIpc) is 3.00. The van der Waals surface area contributed by atoms with E-state index < -0.39 is 17.1 Å². The lowest BCUT2D eigenvalue weighted by atomic mass is 9.81. The second-order valence-electron chi connectivity index (χ2n) is 12.3. The molecule has 9 nitrogen and oxygen atoms in total. The number of amides is 2. The van der Waals surface area contributed by atoms with E-state index in [1.54, 1.807) is 50.2 Å². The molecule has 0 spiro atoms. The number of anilines is 2. The summed E-state index contributed by atoms with van der Waals surface area (Å²) in [5.74, 6) is -0.189. The fourth-order valence-electron chi connectivity index (χ4n) is 5.24. The molecule has 4 rings (SSSR count). The van der Waals surface area contributed by atoms with Gasteiger partial charge in [-0.05, 0) is 97.5 Å². The first-order chi connectivity index (χ1) is 21.9. The van der Waals surface area contributed by atoms with Crippen molar-refractivity contribution in [1.29, 1.82) is 0 Å². The van der Waals surface area contributed by atoms with Crippen molar-refractivity contribution in [3.8, 4) is 0 Å². The Morgan fingerprint density at radius 3 is 1.37 bits per heavy atom. The number of benzene rings is 4. The molecule has 0 unspecified atom stereocenters. The molecule has 0 saturated carbocycles. The van der Waals surface area contributed by atoms with Crippen molar-refractivity contribution in [2.24, 2.45) is 15.4 Å². The zero-order chi connectivity index (χ0) is 33.2. The van der Waals surface area contributed by atoms with Crippen molar-refractivity contribution >= 4 is 46.9 Å². The van der Waals surface area contributed by atoms with E-state index >= 15 is 0 Å². The first-order valence-corrected chi connectivity index (χ1v) is 14.8. The van der Waals surface area contributed by atoms with Crippen LogP contribution in [0.25, 0.3) is 0 Å². The smallest absolute Gasteiger partial charge is 0.412 e. The molecule has 46 heavy (non-hydrogen) atoms. The monoisotopic (exact) mass is 616 g/mol. The third-order valence-electron chi connectivity index (χ3n) is 7.30. The molecule has 2 N–H and O–H groups in total. The van der Waals surface area contributed by atoms with Crippen LogP contribution in [0.5, 0.6) is 0 Å². The highest BCUT2D eigenvalue weighted by atomic mass is 16.6. The summed E-state index contributed by atoms with van der Waals surface area (Å²) in [6.07, 6.45) is 4.11. The highest BCUT2D eigenvalue weighted by Gasteiger charge is 2.37. The van der Waals surface area contributed by atoms with Crippen molar-refractivity contribution in [2.75, 3.05) is 10.6 Å². The summed E-state index contributed by atoms with van der Waals surface area (Å²) in [5, 5.41) is 5.74. The summed E-state index contributed by atoms with van der Waals surface area (Å²) in [5.41, 5.74) is 4.84. The molecule has 0 heterocycles. The minimum Gasteiger partial charge on any atom is -0.443 e. The molecule has 0 radical (unpaired) electrons. The van der Waals surface area contributed by atoms with Gasteiger partial charge in [-0.1, -0.05) is 62.4 Å². The second kappa shape index (κ2) is 14.9. The Bertz CT molecular complexity index is 1750. The van der Waals surface area contributed by atoms with Crippen molar-refractivity contribution in [3.63, 3.8) is 0 Å². The van der Waals surface area contributed by atoms with Gasteiger partial charge in [0.2, 0.25) is 18.1 Å². The highest BCUT2D eigenvalue weighted by molar-refractivity contribution is 5.95. The van der Waals surface area contributed by atoms with Crippen molar-refractivity contribution in [1.82, 2.24) is 0 Å². The number of ether oxygens (including phenoxy) is 1. The van der Waals surface area contributed by atoms with Gasteiger partial charge in [-0.2, -0.15) is 9.98 Å². The van der Waals surface area contributed by atoms with Gasteiger partial charge in [0.25, 0.3) is 0 Å². The van der Waals surface area contributed by atoms with E-state index in [2.05, 4.69) is 20.6 Å². The van der Waals surface area contributed by atoms with Gasteiger partial charge in [0.1, 0.15) is 5.60 Å². The fraction of sp³-hybridized carbons (Fsp3) is 0.243. The standard InChI is InChI=1S/C37H36N4O5/c1-36(2,34(44)40-32-17-9-28(10-18-32)21-26-5-13-30(14-6-26)38-24-42)23-37(3,4)46-35(45)41-33-19-11-29(12-20-33)22-27-7-15-31(16-8-27)39-25-43/h5-20H,21-23H2,1-4H3,(H,40,44)(H,41,45). The topological polar surface area (TPSA) is 126 Å². The number of carbonyl (C=O) groups is 2. The summed E-state index contributed by atoms with van der Waals surface area (Å²) in [4.78, 5) is 54.0. The molecular formula is C37H36N4O5. The zero-order valence-corrected chi connectivity index (χ0v) is 26.3. The molecule has 0 saturated heterocycles. The lowest BCUT2D eigenvalue weighted by Crippen LogP contribution is -2.40. The molecular weight excluding hydrogens is 580 g/mol. The largest absolute Gasteiger partial charge is 0.443 e. The summed E-state index contributed by atoms with van der Waals surface area (Å²) in [6, 6.07) is 29.7. The maximum Gasteiger partial charge on any atom is 0.412 e. The van der Waals surface area contributed by atoms with Crippen LogP contribution in [0.4, 0.5) is 27.5 Å². The Morgan fingerprint density at radius 1 is 0.609 bits per heavy atom. The predicted molar refractivity (Wildman–Crippen MR) is 178 cm³/mol. The number of hydrogen-bond donors (Lipinski definition) is 2. The van der Waals surface area contributed by atoms with Crippen LogP contribution in [0.1, 0.15) is 56.4 Å². The molecule has 0 fully saturated rings. The van der Waals surface area contributed by atoms with Gasteiger partial charge in [-0.25, -0.2) is 14.4 Å². The van der Waals surface area contributed by atoms with Crippen LogP contribution in [-0.2, 0) is 32.0 Å². The Labute approximate surface area is 268 Å². The number of hydrogen-bond acceptors (Lipinski definition) is 7. The molecule has 234 valence electrons. The summed E-state index contributed by atoms with van der Waals surface area (Å²) in [6.45, 7) is 7.20. The normalized spacial score (nSPS) is 11.0. The minimum absolute atomic E-state index is 0.189. The summed E-state index contributed by atoms with van der Waals surface area (Å²) >= 11 is 0. The molecule has 0 aliphatic rings. The van der Waals surface area contributed by atoms with Gasteiger partial charge in [0.15, 0.2) is 0 Å². The number of nitrogens with one attached hydrogen (secondary N) is 2. The lowest BCUT2D eigenvalue weighted by Gasteiger charge is -2.33. The van der Waals surface area contributed by atoms with E-state index in [0.29, 0.717) is 35.6 Å². The van der Waals surface area contributed by atoms with E-state index in [-0.39, 0.29) is 12.3 Å². The number of nitrogens with zero attached hydrogens (tertiary/aromatic N) is 2. The average molecular weight is 617 g/mol. The van der Waals surface area contributed by atoms with Crippen LogP contribution in [0.15, 0.2) is 107 Å². The third kappa shape index (κ3) is 9.96. The van der Waals surface area contributed by atoms with Crippen LogP contribution in [0.2, 0.25) is 0 Å². The van der Waals surface area contributed by atoms with E-state index in [0.717, 1.165) is 22.3 Å². The van der Waals surface area contributed by atoms with Crippen LogP contribution in [-0.4, -0.2) is 29.8 Å². The number of rotatable bonds is 12. The highest BCUT2D eigenvalue weighted by Crippen LogP contribution is 2.32. The van der Waals surface area contributed by atoms with Crippen LogP contribution in [0.3, 0.4) is 0 Å².